The molecule has 0 fully saturated rings. The molecule has 5 nitrogen and oxygen atoms in total. The van der Waals surface area contributed by atoms with Crippen LogP contribution in [-0.4, -0.2) is 43.1 Å². The van der Waals surface area contributed by atoms with E-state index >= 15 is 0 Å². The predicted molar refractivity (Wildman–Crippen MR) is 93.9 cm³/mol. The number of hydrogen-bond donors (Lipinski definition) is 0. The van der Waals surface area contributed by atoms with Gasteiger partial charge < -0.3 is 14.4 Å². The van der Waals surface area contributed by atoms with Crippen LogP contribution < -0.4 is 9.47 Å². The fraction of sp³-hybridized carbons (Fsp3) is 0.444. The molecule has 1 aliphatic rings. The highest BCUT2D eigenvalue weighted by molar-refractivity contribution is 7.09. The Morgan fingerprint density at radius 1 is 1.50 bits per heavy atom. The highest BCUT2D eigenvalue weighted by Crippen LogP contribution is 2.31. The molecule has 2 aromatic rings. The van der Waals surface area contributed by atoms with E-state index in [4.69, 9.17) is 9.47 Å². The topological polar surface area (TPSA) is 51.7 Å². The molecule has 128 valence electrons. The van der Waals surface area contributed by atoms with Crippen LogP contribution in [0.5, 0.6) is 11.5 Å². The lowest BCUT2D eigenvalue weighted by atomic mass is 9.95. The zero-order chi connectivity index (χ0) is 17.1. The molecule has 6 heteroatoms. The van der Waals surface area contributed by atoms with E-state index in [2.05, 4.69) is 4.98 Å². The van der Waals surface area contributed by atoms with Gasteiger partial charge in [0, 0.05) is 24.9 Å². The first-order chi connectivity index (χ1) is 11.6. The second-order valence-electron chi connectivity index (χ2n) is 6.06. The highest BCUT2D eigenvalue weighted by atomic mass is 32.1. The molecular formula is C18H22N2O3S. The third-order valence-electron chi connectivity index (χ3n) is 4.42. The SMILES string of the molecule is COc1ccc2c(c1)C[C@@H](C(=O)N(C)CCc1scnc1C)CO2. The minimum absolute atomic E-state index is 0.130. The fourth-order valence-corrected chi connectivity index (χ4v) is 3.68. The Balaban J connectivity index is 1.61. The second-order valence-corrected chi connectivity index (χ2v) is 7.00. The van der Waals surface area contributed by atoms with Gasteiger partial charge in [-0.15, -0.1) is 11.3 Å². The van der Waals surface area contributed by atoms with E-state index in [0.29, 0.717) is 19.6 Å². The minimum atomic E-state index is -0.142. The molecule has 1 aromatic heterocycles. The maximum absolute atomic E-state index is 12.7. The first-order valence-electron chi connectivity index (χ1n) is 8.02. The summed E-state index contributed by atoms with van der Waals surface area (Å²) in [6.07, 6.45) is 1.53. The second kappa shape index (κ2) is 7.21. The molecule has 0 unspecified atom stereocenters. The number of carbonyl (C=O) groups excluding carboxylic acids is 1. The van der Waals surface area contributed by atoms with Crippen molar-refractivity contribution < 1.29 is 14.3 Å². The number of fused-ring (bicyclic) bond motifs is 1. The quantitative estimate of drug-likeness (QED) is 0.835. The molecule has 0 saturated heterocycles. The number of rotatable bonds is 5. The van der Waals surface area contributed by atoms with Crippen LogP contribution in [0.1, 0.15) is 16.1 Å². The zero-order valence-corrected chi connectivity index (χ0v) is 15.1. The van der Waals surface area contributed by atoms with E-state index in [1.165, 1.54) is 4.88 Å². The van der Waals surface area contributed by atoms with Gasteiger partial charge in [0.25, 0.3) is 0 Å². The number of aromatic nitrogens is 1. The van der Waals surface area contributed by atoms with Gasteiger partial charge in [-0.1, -0.05) is 0 Å². The number of methoxy groups -OCH3 is 1. The van der Waals surface area contributed by atoms with E-state index in [9.17, 15) is 4.79 Å². The molecule has 3 rings (SSSR count). The van der Waals surface area contributed by atoms with E-state index in [0.717, 1.165) is 29.2 Å². The van der Waals surface area contributed by atoms with Crippen molar-refractivity contribution in [1.29, 1.82) is 0 Å². The number of hydrogen-bond acceptors (Lipinski definition) is 5. The fourth-order valence-electron chi connectivity index (χ4n) is 2.91. The Kier molecular flexibility index (Phi) is 5.04. The standard InChI is InChI=1S/C18H22N2O3S/c1-12-17(24-11-19-12)6-7-20(2)18(21)14-8-13-9-15(22-3)4-5-16(13)23-10-14/h4-5,9,11,14H,6-8,10H2,1-3H3/t14-/m1/s1. The van der Waals surface area contributed by atoms with Gasteiger partial charge in [0.05, 0.1) is 24.2 Å². The van der Waals surface area contributed by atoms with Crippen LogP contribution >= 0.6 is 11.3 Å². The Labute approximate surface area is 146 Å². The summed E-state index contributed by atoms with van der Waals surface area (Å²) in [5.41, 5.74) is 3.94. The number of amides is 1. The van der Waals surface area contributed by atoms with Gasteiger partial charge in [-0.2, -0.15) is 0 Å². The third kappa shape index (κ3) is 3.53. The summed E-state index contributed by atoms with van der Waals surface area (Å²) in [5, 5.41) is 0. The van der Waals surface area contributed by atoms with Gasteiger partial charge in [-0.25, -0.2) is 4.98 Å². The summed E-state index contributed by atoms with van der Waals surface area (Å²) in [5.74, 6) is 1.63. The van der Waals surface area contributed by atoms with Crippen LogP contribution in [0.3, 0.4) is 0 Å². The largest absolute Gasteiger partial charge is 0.497 e. The molecule has 0 spiro atoms. The van der Waals surface area contributed by atoms with Crippen LogP contribution in [0.4, 0.5) is 0 Å². The molecule has 1 amide bonds. The van der Waals surface area contributed by atoms with Crippen molar-refractivity contribution >= 4 is 17.2 Å². The van der Waals surface area contributed by atoms with Crippen molar-refractivity contribution in [1.82, 2.24) is 9.88 Å². The zero-order valence-electron chi connectivity index (χ0n) is 14.2. The number of carbonyl (C=O) groups is 1. The van der Waals surface area contributed by atoms with Gasteiger partial charge in [0.15, 0.2) is 0 Å². The van der Waals surface area contributed by atoms with Crippen molar-refractivity contribution in [2.45, 2.75) is 19.8 Å². The summed E-state index contributed by atoms with van der Waals surface area (Å²) in [4.78, 5) is 20.0. The molecule has 0 radical (unpaired) electrons. The van der Waals surface area contributed by atoms with Crippen LogP contribution in [0.15, 0.2) is 23.7 Å². The molecule has 1 aliphatic heterocycles. The Hall–Kier alpha value is -2.08. The predicted octanol–water partition coefficient (Wildman–Crippen LogP) is 2.71. The Morgan fingerprint density at radius 2 is 2.33 bits per heavy atom. The normalized spacial score (nSPS) is 16.2. The van der Waals surface area contributed by atoms with Crippen LogP contribution in [0, 0.1) is 12.8 Å². The lowest BCUT2D eigenvalue weighted by Crippen LogP contribution is -2.39. The van der Waals surface area contributed by atoms with Crippen molar-refractivity contribution in [2.75, 3.05) is 27.3 Å². The Bertz CT molecular complexity index is 729. The lowest BCUT2D eigenvalue weighted by Gasteiger charge is -2.28. The van der Waals surface area contributed by atoms with E-state index in [-0.39, 0.29) is 11.8 Å². The van der Waals surface area contributed by atoms with Crippen molar-refractivity contribution in [3.8, 4) is 11.5 Å². The molecule has 2 heterocycles. The molecule has 0 aliphatic carbocycles. The van der Waals surface area contributed by atoms with Gasteiger partial charge in [0.2, 0.25) is 5.91 Å². The van der Waals surface area contributed by atoms with Crippen LogP contribution in [0.25, 0.3) is 0 Å². The lowest BCUT2D eigenvalue weighted by molar-refractivity contribution is -0.135. The summed E-state index contributed by atoms with van der Waals surface area (Å²) >= 11 is 1.65. The molecule has 1 aromatic carbocycles. The smallest absolute Gasteiger partial charge is 0.229 e. The number of nitrogens with zero attached hydrogens (tertiary/aromatic N) is 2. The summed E-state index contributed by atoms with van der Waals surface area (Å²) in [6, 6.07) is 5.74. The number of thiazole rings is 1. The average Bonchev–Trinajstić information content (AvgIpc) is 3.02. The van der Waals surface area contributed by atoms with E-state index < -0.39 is 0 Å². The van der Waals surface area contributed by atoms with Crippen LogP contribution in [-0.2, 0) is 17.6 Å². The van der Waals surface area contributed by atoms with Gasteiger partial charge in [-0.3, -0.25) is 4.79 Å². The number of aryl methyl sites for hydroxylation is 1. The maximum Gasteiger partial charge on any atom is 0.229 e. The van der Waals surface area contributed by atoms with Gasteiger partial charge >= 0.3 is 0 Å². The molecule has 24 heavy (non-hydrogen) atoms. The first kappa shape index (κ1) is 16.8. The summed E-state index contributed by atoms with van der Waals surface area (Å²) in [7, 11) is 3.50. The minimum Gasteiger partial charge on any atom is -0.497 e. The van der Waals surface area contributed by atoms with Crippen molar-refractivity contribution in [3.05, 3.63) is 39.8 Å². The molecule has 0 bridgehead atoms. The monoisotopic (exact) mass is 346 g/mol. The first-order valence-corrected chi connectivity index (χ1v) is 8.90. The van der Waals surface area contributed by atoms with Crippen molar-refractivity contribution in [2.24, 2.45) is 5.92 Å². The highest BCUT2D eigenvalue weighted by Gasteiger charge is 2.28. The number of likely N-dealkylation sites (N-methyl/N-ethyl adjacent to an activating group) is 1. The number of ether oxygens (including phenoxy) is 2. The third-order valence-corrected chi connectivity index (χ3v) is 5.41. The average molecular weight is 346 g/mol. The van der Waals surface area contributed by atoms with Crippen molar-refractivity contribution in [3.63, 3.8) is 0 Å². The summed E-state index contributed by atoms with van der Waals surface area (Å²) < 4.78 is 11.0. The number of benzene rings is 1. The molecule has 1 atom stereocenters. The molecular weight excluding hydrogens is 324 g/mol. The van der Waals surface area contributed by atoms with Crippen LogP contribution in [0.2, 0.25) is 0 Å². The van der Waals surface area contributed by atoms with E-state index in [1.807, 2.05) is 37.7 Å². The molecule has 0 saturated carbocycles. The Morgan fingerprint density at radius 3 is 3.04 bits per heavy atom. The van der Waals surface area contributed by atoms with E-state index in [1.54, 1.807) is 23.3 Å². The van der Waals surface area contributed by atoms with Gasteiger partial charge in [0.1, 0.15) is 18.1 Å². The molecule has 0 N–H and O–H groups in total. The van der Waals surface area contributed by atoms with Gasteiger partial charge in [-0.05, 0) is 37.1 Å². The maximum atomic E-state index is 12.7. The summed E-state index contributed by atoms with van der Waals surface area (Å²) in [6.45, 7) is 3.14.